The number of nitrogens with zero attached hydrogens (tertiary/aromatic N) is 1. The molecule has 0 unspecified atom stereocenters. The number of para-hydroxylation sites is 1. The van der Waals surface area contributed by atoms with Crippen molar-refractivity contribution in [3.8, 4) is 5.75 Å². The standard InChI is InChI=1S/C20H14N2O6/c23-16-13-7-3-4-8-14(13)28-20(27)15(16)17(24)21-9-10-22-18(25)11-5-1-2-6-12(11)19(22)26/h1-8,23H,9-10H2,(H,21,24). The van der Waals surface area contributed by atoms with Crippen molar-refractivity contribution in [1.82, 2.24) is 10.2 Å². The van der Waals surface area contributed by atoms with E-state index in [1.165, 1.54) is 12.1 Å². The average Bonchev–Trinajstić information content (AvgIpc) is 2.93. The van der Waals surface area contributed by atoms with E-state index in [0.29, 0.717) is 11.1 Å². The number of carbonyl (C=O) groups excluding carboxylic acids is 3. The lowest BCUT2D eigenvalue weighted by Crippen LogP contribution is -2.39. The SMILES string of the molecule is O=C(NCCN1C(=O)c2ccccc2C1=O)c1c(O)c2ccccc2oc1=O. The Balaban J connectivity index is 1.49. The van der Waals surface area contributed by atoms with E-state index >= 15 is 0 Å². The number of benzene rings is 2. The molecule has 2 heterocycles. The van der Waals surface area contributed by atoms with Crippen molar-refractivity contribution in [2.45, 2.75) is 0 Å². The van der Waals surface area contributed by atoms with E-state index < -0.39 is 34.7 Å². The highest BCUT2D eigenvalue weighted by Crippen LogP contribution is 2.26. The lowest BCUT2D eigenvalue weighted by Gasteiger charge is -2.14. The van der Waals surface area contributed by atoms with Gasteiger partial charge in [0.05, 0.1) is 16.5 Å². The molecule has 0 atom stereocenters. The fourth-order valence-corrected chi connectivity index (χ4v) is 3.15. The number of fused-ring (bicyclic) bond motifs is 2. The van der Waals surface area contributed by atoms with Crippen LogP contribution in [0.2, 0.25) is 0 Å². The van der Waals surface area contributed by atoms with Gasteiger partial charge in [-0.1, -0.05) is 24.3 Å². The maximum Gasteiger partial charge on any atom is 0.353 e. The molecule has 2 aromatic carbocycles. The lowest BCUT2D eigenvalue weighted by molar-refractivity contribution is 0.0649. The quantitative estimate of drug-likeness (QED) is 0.525. The Labute approximate surface area is 158 Å². The molecule has 1 aliphatic heterocycles. The van der Waals surface area contributed by atoms with Crippen LogP contribution in [-0.4, -0.2) is 40.8 Å². The van der Waals surface area contributed by atoms with Crippen LogP contribution >= 0.6 is 0 Å². The summed E-state index contributed by atoms with van der Waals surface area (Å²) >= 11 is 0. The van der Waals surface area contributed by atoms with E-state index in [-0.39, 0.29) is 24.1 Å². The van der Waals surface area contributed by atoms with Crippen LogP contribution in [0.25, 0.3) is 11.0 Å². The van der Waals surface area contributed by atoms with Crippen LogP contribution in [0.4, 0.5) is 0 Å². The molecular weight excluding hydrogens is 364 g/mol. The smallest absolute Gasteiger partial charge is 0.353 e. The van der Waals surface area contributed by atoms with Gasteiger partial charge in [-0.2, -0.15) is 0 Å². The summed E-state index contributed by atoms with van der Waals surface area (Å²) in [4.78, 5) is 50.0. The number of amides is 3. The summed E-state index contributed by atoms with van der Waals surface area (Å²) in [6.07, 6.45) is 0. The Kier molecular flexibility index (Phi) is 4.15. The molecule has 8 heteroatoms. The second-order valence-electron chi connectivity index (χ2n) is 6.17. The number of aromatic hydroxyl groups is 1. The molecule has 1 aliphatic rings. The van der Waals surface area contributed by atoms with Gasteiger partial charge in [-0.25, -0.2) is 4.79 Å². The third kappa shape index (κ3) is 2.71. The van der Waals surface area contributed by atoms with Gasteiger partial charge in [0.15, 0.2) is 5.56 Å². The van der Waals surface area contributed by atoms with Crippen LogP contribution in [0.3, 0.4) is 0 Å². The average molecular weight is 378 g/mol. The fraction of sp³-hybridized carbons (Fsp3) is 0.100. The Morgan fingerprint density at radius 2 is 1.57 bits per heavy atom. The molecule has 0 radical (unpaired) electrons. The summed E-state index contributed by atoms with van der Waals surface area (Å²) in [7, 11) is 0. The first-order valence-corrected chi connectivity index (χ1v) is 8.47. The zero-order chi connectivity index (χ0) is 19.8. The summed E-state index contributed by atoms with van der Waals surface area (Å²) in [6, 6.07) is 12.7. The van der Waals surface area contributed by atoms with Crippen LogP contribution in [0, 0.1) is 0 Å². The molecule has 0 saturated carbocycles. The Bertz CT molecular complexity index is 1160. The van der Waals surface area contributed by atoms with Crippen LogP contribution in [-0.2, 0) is 0 Å². The zero-order valence-corrected chi connectivity index (χ0v) is 14.5. The zero-order valence-electron chi connectivity index (χ0n) is 14.5. The predicted molar refractivity (Wildman–Crippen MR) is 98.3 cm³/mol. The van der Waals surface area contributed by atoms with Crippen LogP contribution in [0.15, 0.2) is 57.7 Å². The van der Waals surface area contributed by atoms with E-state index in [4.69, 9.17) is 4.42 Å². The van der Waals surface area contributed by atoms with Gasteiger partial charge in [0, 0.05) is 13.1 Å². The molecule has 0 saturated heterocycles. The first kappa shape index (κ1) is 17.5. The number of nitrogens with one attached hydrogen (secondary N) is 1. The molecule has 1 aromatic heterocycles. The lowest BCUT2D eigenvalue weighted by atomic mass is 10.1. The van der Waals surface area contributed by atoms with Gasteiger partial charge in [-0.05, 0) is 24.3 Å². The minimum Gasteiger partial charge on any atom is -0.506 e. The van der Waals surface area contributed by atoms with E-state index in [1.54, 1.807) is 36.4 Å². The molecule has 3 aromatic rings. The minimum atomic E-state index is -0.977. The minimum absolute atomic E-state index is 0.0717. The highest BCUT2D eigenvalue weighted by molar-refractivity contribution is 6.21. The molecule has 0 spiro atoms. The number of imide groups is 1. The first-order chi connectivity index (χ1) is 13.5. The van der Waals surface area contributed by atoms with Gasteiger partial charge in [-0.15, -0.1) is 0 Å². The molecule has 3 amide bonds. The molecule has 140 valence electrons. The second kappa shape index (κ2) is 6.66. The van der Waals surface area contributed by atoms with Crippen molar-refractivity contribution in [2.24, 2.45) is 0 Å². The predicted octanol–water partition coefficient (Wildman–Crippen LogP) is 1.52. The largest absolute Gasteiger partial charge is 0.506 e. The summed E-state index contributed by atoms with van der Waals surface area (Å²) in [5.74, 6) is -2.22. The van der Waals surface area contributed by atoms with E-state index in [9.17, 15) is 24.3 Å². The maximum atomic E-state index is 12.4. The number of carbonyl (C=O) groups is 3. The highest BCUT2D eigenvalue weighted by Gasteiger charge is 2.34. The molecule has 0 bridgehead atoms. The van der Waals surface area contributed by atoms with Gasteiger partial charge < -0.3 is 14.8 Å². The van der Waals surface area contributed by atoms with Crippen molar-refractivity contribution >= 4 is 28.7 Å². The summed E-state index contributed by atoms with van der Waals surface area (Å²) in [5.41, 5.74) is -0.721. The third-order valence-corrected chi connectivity index (χ3v) is 4.51. The number of hydrogen-bond acceptors (Lipinski definition) is 6. The Morgan fingerprint density at radius 3 is 2.25 bits per heavy atom. The van der Waals surface area contributed by atoms with E-state index in [1.807, 2.05) is 0 Å². The number of rotatable bonds is 4. The normalized spacial score (nSPS) is 13.1. The van der Waals surface area contributed by atoms with E-state index in [2.05, 4.69) is 5.32 Å². The van der Waals surface area contributed by atoms with E-state index in [0.717, 1.165) is 4.90 Å². The first-order valence-electron chi connectivity index (χ1n) is 8.47. The van der Waals surface area contributed by atoms with Gasteiger partial charge in [0.1, 0.15) is 11.3 Å². The van der Waals surface area contributed by atoms with Crippen molar-refractivity contribution in [3.63, 3.8) is 0 Å². The summed E-state index contributed by atoms with van der Waals surface area (Å²) in [6.45, 7) is -0.159. The van der Waals surface area contributed by atoms with Crippen LogP contribution in [0.5, 0.6) is 5.75 Å². The summed E-state index contributed by atoms with van der Waals surface area (Å²) in [5, 5.41) is 12.9. The maximum absolute atomic E-state index is 12.4. The highest BCUT2D eigenvalue weighted by atomic mass is 16.4. The molecule has 0 fully saturated rings. The second-order valence-corrected chi connectivity index (χ2v) is 6.17. The molecule has 2 N–H and O–H groups in total. The van der Waals surface area contributed by atoms with Gasteiger partial charge in [-0.3, -0.25) is 19.3 Å². The van der Waals surface area contributed by atoms with Crippen LogP contribution < -0.4 is 10.9 Å². The molecule has 28 heavy (non-hydrogen) atoms. The van der Waals surface area contributed by atoms with Crippen molar-refractivity contribution in [2.75, 3.05) is 13.1 Å². The number of hydrogen-bond donors (Lipinski definition) is 2. The molecular formula is C20H14N2O6. The van der Waals surface area contributed by atoms with Crippen molar-refractivity contribution in [1.29, 1.82) is 0 Å². The monoisotopic (exact) mass is 378 g/mol. The van der Waals surface area contributed by atoms with Gasteiger partial charge in [0.2, 0.25) is 0 Å². The Hall–Kier alpha value is -3.94. The van der Waals surface area contributed by atoms with Crippen molar-refractivity contribution < 1.29 is 23.9 Å². The fourth-order valence-electron chi connectivity index (χ4n) is 3.15. The van der Waals surface area contributed by atoms with Gasteiger partial charge >= 0.3 is 5.63 Å². The van der Waals surface area contributed by atoms with Crippen molar-refractivity contribution in [3.05, 3.63) is 75.6 Å². The topological polar surface area (TPSA) is 117 Å². The summed E-state index contributed by atoms with van der Waals surface area (Å²) < 4.78 is 5.06. The third-order valence-electron chi connectivity index (χ3n) is 4.51. The Morgan fingerprint density at radius 1 is 0.964 bits per heavy atom. The van der Waals surface area contributed by atoms with Crippen LogP contribution in [0.1, 0.15) is 31.1 Å². The van der Waals surface area contributed by atoms with Gasteiger partial charge in [0.25, 0.3) is 17.7 Å². The molecule has 4 rings (SSSR count). The molecule has 8 nitrogen and oxygen atoms in total. The molecule has 0 aliphatic carbocycles.